The predicted molar refractivity (Wildman–Crippen MR) is 116 cm³/mol. The van der Waals surface area contributed by atoms with Crippen LogP contribution >= 0.6 is 0 Å². The van der Waals surface area contributed by atoms with E-state index in [-0.39, 0.29) is 12.1 Å². The number of nitrogens with zero attached hydrogens (tertiary/aromatic N) is 2. The molecule has 1 atom stereocenters. The van der Waals surface area contributed by atoms with E-state index in [4.69, 9.17) is 9.47 Å². The van der Waals surface area contributed by atoms with Gasteiger partial charge in [0.2, 0.25) is 0 Å². The number of amides is 2. The Bertz CT molecular complexity index is 803. The average molecular weight is 398 g/mol. The minimum Gasteiger partial charge on any atom is -0.494 e. The summed E-state index contributed by atoms with van der Waals surface area (Å²) in [4.78, 5) is 16.9. The first-order chi connectivity index (χ1) is 14.1. The van der Waals surface area contributed by atoms with Gasteiger partial charge in [0.1, 0.15) is 11.5 Å². The predicted octanol–water partition coefficient (Wildman–Crippen LogP) is 4.08. The van der Waals surface area contributed by atoms with Crippen molar-refractivity contribution in [2.24, 2.45) is 0 Å². The number of carbonyl (C=O) groups is 1. The van der Waals surface area contributed by atoms with Crippen LogP contribution in [0.25, 0.3) is 0 Å². The van der Waals surface area contributed by atoms with E-state index in [0.717, 1.165) is 35.8 Å². The van der Waals surface area contributed by atoms with Gasteiger partial charge in [-0.1, -0.05) is 24.3 Å². The van der Waals surface area contributed by atoms with Gasteiger partial charge in [-0.25, -0.2) is 4.79 Å². The van der Waals surface area contributed by atoms with E-state index in [1.807, 2.05) is 68.1 Å². The maximum Gasteiger partial charge on any atom is 0.317 e. The Labute approximate surface area is 173 Å². The molecule has 6 heteroatoms. The van der Waals surface area contributed by atoms with Gasteiger partial charge in [-0.3, -0.25) is 0 Å². The highest BCUT2D eigenvalue weighted by Gasteiger charge is 2.24. The molecule has 0 saturated carbocycles. The normalized spacial score (nSPS) is 15.0. The zero-order valence-corrected chi connectivity index (χ0v) is 17.6. The van der Waals surface area contributed by atoms with Crippen LogP contribution in [0.2, 0.25) is 0 Å². The molecular formula is C23H31N3O3. The lowest BCUT2D eigenvalue weighted by Crippen LogP contribution is -2.52. The summed E-state index contributed by atoms with van der Waals surface area (Å²) in [6.45, 7) is 10.1. The Balaban J connectivity index is 1.56. The Morgan fingerprint density at radius 1 is 1.00 bits per heavy atom. The molecule has 2 amide bonds. The summed E-state index contributed by atoms with van der Waals surface area (Å²) in [5, 5.41) is 3.11. The minimum absolute atomic E-state index is 0.0305. The molecule has 2 aromatic rings. The monoisotopic (exact) mass is 397 g/mol. The van der Waals surface area contributed by atoms with Crippen molar-refractivity contribution in [2.75, 3.05) is 44.3 Å². The van der Waals surface area contributed by atoms with E-state index in [2.05, 4.69) is 16.3 Å². The summed E-state index contributed by atoms with van der Waals surface area (Å²) in [5.41, 5.74) is 2.13. The number of rotatable bonds is 7. The molecule has 0 aliphatic carbocycles. The topological polar surface area (TPSA) is 54.0 Å². The first kappa shape index (κ1) is 20.8. The van der Waals surface area contributed by atoms with Crippen molar-refractivity contribution >= 4 is 11.7 Å². The third kappa shape index (κ3) is 5.34. The molecule has 1 aliphatic rings. The Morgan fingerprint density at radius 2 is 1.72 bits per heavy atom. The summed E-state index contributed by atoms with van der Waals surface area (Å²) in [6.07, 6.45) is 0. The quantitative estimate of drug-likeness (QED) is 0.765. The Hall–Kier alpha value is -2.89. The third-order valence-electron chi connectivity index (χ3n) is 5.08. The first-order valence-corrected chi connectivity index (χ1v) is 10.4. The lowest BCUT2D eigenvalue weighted by Gasteiger charge is -2.37. The van der Waals surface area contributed by atoms with Crippen molar-refractivity contribution in [3.63, 3.8) is 0 Å². The highest BCUT2D eigenvalue weighted by Crippen LogP contribution is 2.29. The number of hydrogen-bond acceptors (Lipinski definition) is 4. The van der Waals surface area contributed by atoms with E-state index in [1.165, 1.54) is 0 Å². The van der Waals surface area contributed by atoms with Crippen LogP contribution in [0.4, 0.5) is 10.5 Å². The van der Waals surface area contributed by atoms with Crippen LogP contribution in [0.15, 0.2) is 48.5 Å². The molecule has 1 N–H and O–H groups in total. The Morgan fingerprint density at radius 3 is 2.45 bits per heavy atom. The van der Waals surface area contributed by atoms with Gasteiger partial charge in [0.05, 0.1) is 24.9 Å². The second-order valence-corrected chi connectivity index (χ2v) is 7.05. The van der Waals surface area contributed by atoms with Gasteiger partial charge >= 0.3 is 6.03 Å². The van der Waals surface area contributed by atoms with Gasteiger partial charge in [0.25, 0.3) is 0 Å². The summed E-state index contributed by atoms with van der Waals surface area (Å²) < 4.78 is 11.3. The van der Waals surface area contributed by atoms with E-state index >= 15 is 0 Å². The Kier molecular flexibility index (Phi) is 7.22. The van der Waals surface area contributed by atoms with Crippen LogP contribution in [0.5, 0.6) is 11.5 Å². The fourth-order valence-corrected chi connectivity index (χ4v) is 3.55. The minimum atomic E-state index is -0.0837. The smallest absolute Gasteiger partial charge is 0.317 e. The van der Waals surface area contributed by atoms with Crippen LogP contribution < -0.4 is 19.7 Å². The van der Waals surface area contributed by atoms with Crippen LogP contribution in [0, 0.1) is 0 Å². The molecule has 0 bridgehead atoms. The SMILES string of the molecule is CCOc1cccc(C(C)NC(=O)N2CCN(c3ccccc3OCC)CC2)c1. The number of anilines is 1. The molecule has 1 heterocycles. The largest absolute Gasteiger partial charge is 0.494 e. The molecule has 6 nitrogen and oxygen atoms in total. The van der Waals surface area contributed by atoms with E-state index in [0.29, 0.717) is 26.3 Å². The second kappa shape index (κ2) is 10.0. The van der Waals surface area contributed by atoms with Gasteiger partial charge in [-0.05, 0) is 50.6 Å². The average Bonchev–Trinajstić information content (AvgIpc) is 2.75. The van der Waals surface area contributed by atoms with Gasteiger partial charge in [-0.2, -0.15) is 0 Å². The zero-order chi connectivity index (χ0) is 20.6. The van der Waals surface area contributed by atoms with E-state index < -0.39 is 0 Å². The second-order valence-electron chi connectivity index (χ2n) is 7.05. The third-order valence-corrected chi connectivity index (χ3v) is 5.08. The lowest BCUT2D eigenvalue weighted by molar-refractivity contribution is 0.191. The van der Waals surface area contributed by atoms with Crippen molar-refractivity contribution in [3.8, 4) is 11.5 Å². The molecule has 0 spiro atoms. The molecule has 0 aromatic heterocycles. The molecule has 156 valence electrons. The van der Waals surface area contributed by atoms with Crippen molar-refractivity contribution in [1.29, 1.82) is 0 Å². The van der Waals surface area contributed by atoms with Gasteiger partial charge in [0.15, 0.2) is 0 Å². The summed E-state index contributed by atoms with van der Waals surface area (Å²) in [6, 6.07) is 15.8. The number of hydrogen-bond donors (Lipinski definition) is 1. The number of para-hydroxylation sites is 2. The van der Waals surface area contributed by atoms with Crippen LogP contribution in [-0.2, 0) is 0 Å². The number of nitrogens with one attached hydrogen (secondary N) is 1. The van der Waals surface area contributed by atoms with Crippen molar-refractivity contribution < 1.29 is 14.3 Å². The molecule has 1 saturated heterocycles. The van der Waals surface area contributed by atoms with E-state index in [1.54, 1.807) is 0 Å². The molecular weight excluding hydrogens is 366 g/mol. The maximum atomic E-state index is 12.7. The summed E-state index contributed by atoms with van der Waals surface area (Å²) in [7, 11) is 0. The van der Waals surface area contributed by atoms with Gasteiger partial charge in [0, 0.05) is 26.2 Å². The highest BCUT2D eigenvalue weighted by atomic mass is 16.5. The van der Waals surface area contributed by atoms with Crippen LogP contribution in [0.3, 0.4) is 0 Å². The maximum absolute atomic E-state index is 12.7. The van der Waals surface area contributed by atoms with Crippen molar-refractivity contribution in [3.05, 3.63) is 54.1 Å². The van der Waals surface area contributed by atoms with Crippen molar-refractivity contribution in [1.82, 2.24) is 10.2 Å². The zero-order valence-electron chi connectivity index (χ0n) is 17.6. The fourth-order valence-electron chi connectivity index (χ4n) is 3.55. The molecule has 1 unspecified atom stereocenters. The fraction of sp³-hybridized carbons (Fsp3) is 0.435. The number of piperazine rings is 1. The number of carbonyl (C=O) groups excluding carboxylic acids is 1. The number of urea groups is 1. The summed E-state index contributed by atoms with van der Waals surface area (Å²) >= 11 is 0. The highest BCUT2D eigenvalue weighted by molar-refractivity contribution is 5.75. The molecule has 0 radical (unpaired) electrons. The van der Waals surface area contributed by atoms with Crippen molar-refractivity contribution in [2.45, 2.75) is 26.8 Å². The van der Waals surface area contributed by atoms with Gasteiger partial charge in [-0.15, -0.1) is 0 Å². The van der Waals surface area contributed by atoms with Crippen LogP contribution in [-0.4, -0.2) is 50.3 Å². The standard InChI is InChI=1S/C23H31N3O3/c1-4-28-20-10-8-9-19(17-20)18(3)24-23(27)26-15-13-25(14-16-26)21-11-6-7-12-22(21)29-5-2/h6-12,17-18H,4-5,13-16H2,1-3H3,(H,24,27). The van der Waals surface area contributed by atoms with Crippen LogP contribution in [0.1, 0.15) is 32.4 Å². The molecule has 1 fully saturated rings. The molecule has 29 heavy (non-hydrogen) atoms. The molecule has 2 aromatic carbocycles. The molecule has 1 aliphatic heterocycles. The first-order valence-electron chi connectivity index (χ1n) is 10.4. The number of benzene rings is 2. The van der Waals surface area contributed by atoms with E-state index in [9.17, 15) is 4.79 Å². The molecule has 3 rings (SSSR count). The lowest BCUT2D eigenvalue weighted by atomic mass is 10.1. The summed E-state index contributed by atoms with van der Waals surface area (Å²) in [5.74, 6) is 1.73. The number of ether oxygens (including phenoxy) is 2. The van der Waals surface area contributed by atoms with Gasteiger partial charge < -0.3 is 24.6 Å².